The molecule has 2 aromatic rings. The predicted molar refractivity (Wildman–Crippen MR) is 83.4 cm³/mol. The fourth-order valence-electron chi connectivity index (χ4n) is 2.11. The summed E-state index contributed by atoms with van der Waals surface area (Å²) < 4.78 is 26.1. The van der Waals surface area contributed by atoms with E-state index in [4.69, 9.17) is 12.2 Å². The van der Waals surface area contributed by atoms with Crippen LogP contribution in [0, 0.1) is 4.77 Å². The van der Waals surface area contributed by atoms with Crippen LogP contribution in [-0.2, 0) is 16.4 Å². The van der Waals surface area contributed by atoms with Crippen molar-refractivity contribution in [3.05, 3.63) is 23.0 Å². The van der Waals surface area contributed by atoms with Gasteiger partial charge in [0.1, 0.15) is 0 Å². The van der Waals surface area contributed by atoms with Crippen molar-refractivity contribution in [2.75, 3.05) is 26.4 Å². The lowest BCUT2D eigenvalue weighted by atomic mass is 10.3. The van der Waals surface area contributed by atoms with Gasteiger partial charge in [0.25, 0.3) is 0 Å². The van der Waals surface area contributed by atoms with Crippen LogP contribution in [0.4, 0.5) is 0 Å². The van der Waals surface area contributed by atoms with E-state index in [1.54, 1.807) is 12.1 Å². The van der Waals surface area contributed by atoms with E-state index in [9.17, 15) is 8.42 Å². The van der Waals surface area contributed by atoms with Gasteiger partial charge in [0.15, 0.2) is 14.6 Å². The molecule has 0 atom stereocenters. The molecule has 0 saturated carbocycles. The number of para-hydroxylation sites is 1. The van der Waals surface area contributed by atoms with Crippen molar-refractivity contribution >= 4 is 33.1 Å². The number of sulfone groups is 1. The van der Waals surface area contributed by atoms with Crippen LogP contribution in [0.1, 0.15) is 6.92 Å². The van der Waals surface area contributed by atoms with Gasteiger partial charge in [-0.2, -0.15) is 0 Å². The summed E-state index contributed by atoms with van der Waals surface area (Å²) in [4.78, 5) is 5.50. The lowest BCUT2D eigenvalue weighted by molar-refractivity contribution is 0.336. The third-order valence-corrected chi connectivity index (χ3v) is 4.88. The molecule has 7 heteroatoms. The Balaban J connectivity index is 2.53. The van der Waals surface area contributed by atoms with Crippen LogP contribution < -0.4 is 0 Å². The highest BCUT2D eigenvalue weighted by Gasteiger charge is 2.15. The van der Waals surface area contributed by atoms with Crippen molar-refractivity contribution in [3.63, 3.8) is 0 Å². The number of likely N-dealkylation sites (N-methyl/N-ethyl adjacent to an activating group) is 1. The minimum absolute atomic E-state index is 0.295. The Morgan fingerprint density at radius 1 is 1.40 bits per heavy atom. The monoisotopic (exact) mass is 313 g/mol. The van der Waals surface area contributed by atoms with E-state index in [0.29, 0.717) is 15.2 Å². The average Bonchev–Trinajstić information content (AvgIpc) is 2.70. The molecule has 0 amide bonds. The van der Waals surface area contributed by atoms with Gasteiger partial charge in [-0.05, 0) is 37.9 Å². The van der Waals surface area contributed by atoms with E-state index in [1.807, 2.05) is 17.7 Å². The molecule has 0 spiro atoms. The second kappa shape index (κ2) is 5.67. The number of imidazole rings is 1. The highest BCUT2D eigenvalue weighted by atomic mass is 32.2. The fourth-order valence-corrected chi connectivity index (χ4v) is 3.26. The van der Waals surface area contributed by atoms with Crippen LogP contribution in [0.25, 0.3) is 11.0 Å². The first-order valence-electron chi connectivity index (χ1n) is 6.44. The maximum Gasteiger partial charge on any atom is 0.178 e. The Morgan fingerprint density at radius 2 is 2.10 bits per heavy atom. The number of hydrogen-bond donors (Lipinski definition) is 1. The summed E-state index contributed by atoms with van der Waals surface area (Å²) in [6.45, 7) is 4.65. The molecule has 1 aromatic carbocycles. The van der Waals surface area contributed by atoms with E-state index in [-0.39, 0.29) is 0 Å². The average molecular weight is 313 g/mol. The summed E-state index contributed by atoms with van der Waals surface area (Å²) in [5.74, 6) is 0. The highest BCUT2D eigenvalue weighted by molar-refractivity contribution is 7.91. The van der Waals surface area contributed by atoms with Gasteiger partial charge in [0.05, 0.1) is 15.9 Å². The Bertz CT molecular complexity index is 775. The second-order valence-corrected chi connectivity index (χ2v) is 7.27. The van der Waals surface area contributed by atoms with Crippen molar-refractivity contribution in [2.24, 2.45) is 0 Å². The van der Waals surface area contributed by atoms with Gasteiger partial charge < -0.3 is 14.5 Å². The maximum atomic E-state index is 11.8. The zero-order chi connectivity index (χ0) is 14.9. The number of fused-ring (bicyclic) bond motifs is 1. The molecule has 110 valence electrons. The molecule has 0 fully saturated rings. The van der Waals surface area contributed by atoms with E-state index in [1.165, 1.54) is 6.26 Å². The van der Waals surface area contributed by atoms with Crippen LogP contribution in [0.2, 0.25) is 0 Å². The quantitative estimate of drug-likeness (QED) is 0.858. The first kappa shape index (κ1) is 15.2. The zero-order valence-electron chi connectivity index (χ0n) is 11.9. The van der Waals surface area contributed by atoms with E-state index >= 15 is 0 Å². The number of nitrogens with one attached hydrogen (secondary N) is 1. The summed E-state index contributed by atoms with van der Waals surface area (Å²) in [7, 11) is -1.23. The smallest absolute Gasteiger partial charge is 0.178 e. The maximum absolute atomic E-state index is 11.8. The lowest BCUT2D eigenvalue weighted by Gasteiger charge is -2.14. The molecule has 0 aliphatic rings. The van der Waals surface area contributed by atoms with Crippen LogP contribution in [-0.4, -0.2) is 49.3 Å². The molecule has 0 aliphatic heterocycles. The molecule has 0 bridgehead atoms. The number of nitrogens with zero attached hydrogens (tertiary/aromatic N) is 2. The molecule has 1 aromatic heterocycles. The minimum Gasteiger partial charge on any atom is -0.329 e. The van der Waals surface area contributed by atoms with E-state index in [0.717, 1.165) is 25.2 Å². The van der Waals surface area contributed by atoms with Crippen molar-refractivity contribution < 1.29 is 8.42 Å². The van der Waals surface area contributed by atoms with Gasteiger partial charge in [-0.3, -0.25) is 0 Å². The molecule has 1 N–H and O–H groups in total. The Kier molecular flexibility index (Phi) is 4.31. The highest BCUT2D eigenvalue weighted by Crippen LogP contribution is 2.22. The Labute approximate surface area is 124 Å². The number of hydrogen-bond acceptors (Lipinski definition) is 4. The lowest BCUT2D eigenvalue weighted by Crippen LogP contribution is -2.22. The Morgan fingerprint density at radius 3 is 2.70 bits per heavy atom. The van der Waals surface area contributed by atoms with Gasteiger partial charge in [-0.1, -0.05) is 13.0 Å². The van der Waals surface area contributed by atoms with Gasteiger partial charge in [0, 0.05) is 19.3 Å². The third-order valence-electron chi connectivity index (χ3n) is 3.42. The summed E-state index contributed by atoms with van der Waals surface area (Å²) in [6.07, 6.45) is 1.21. The normalized spacial score (nSPS) is 12.4. The van der Waals surface area contributed by atoms with Crippen molar-refractivity contribution in [3.8, 4) is 0 Å². The zero-order valence-corrected chi connectivity index (χ0v) is 13.5. The van der Waals surface area contributed by atoms with Crippen LogP contribution in [0.5, 0.6) is 0 Å². The molecule has 2 rings (SSSR count). The molecular weight excluding hydrogens is 294 g/mol. The van der Waals surface area contributed by atoms with Crippen molar-refractivity contribution in [1.29, 1.82) is 0 Å². The number of benzene rings is 1. The molecule has 0 aliphatic carbocycles. The van der Waals surface area contributed by atoms with Gasteiger partial charge in [-0.15, -0.1) is 0 Å². The van der Waals surface area contributed by atoms with Crippen LogP contribution in [0.15, 0.2) is 23.1 Å². The van der Waals surface area contributed by atoms with Gasteiger partial charge >= 0.3 is 0 Å². The van der Waals surface area contributed by atoms with Crippen molar-refractivity contribution in [2.45, 2.75) is 18.4 Å². The molecular formula is C13H19N3O2S2. The standard InChI is InChI=1S/C13H19N3O2S2/c1-4-15(2)8-9-16-10-6-5-7-11(20(3,17)18)12(10)14-13(16)19/h5-7H,4,8-9H2,1-3H3,(H,14,19). The van der Waals surface area contributed by atoms with Crippen LogP contribution in [0.3, 0.4) is 0 Å². The molecule has 5 nitrogen and oxygen atoms in total. The van der Waals surface area contributed by atoms with E-state index in [2.05, 4.69) is 16.8 Å². The first-order valence-corrected chi connectivity index (χ1v) is 8.74. The molecule has 20 heavy (non-hydrogen) atoms. The number of aromatic nitrogens is 2. The first-order chi connectivity index (χ1) is 9.34. The summed E-state index contributed by atoms with van der Waals surface area (Å²) in [6, 6.07) is 5.25. The van der Waals surface area contributed by atoms with Crippen LogP contribution >= 0.6 is 12.2 Å². The van der Waals surface area contributed by atoms with Crippen molar-refractivity contribution in [1.82, 2.24) is 14.5 Å². The predicted octanol–water partition coefficient (Wildman–Crippen LogP) is 2.05. The molecule has 0 saturated heterocycles. The summed E-state index contributed by atoms with van der Waals surface area (Å²) in [5, 5.41) is 0. The second-order valence-electron chi connectivity index (χ2n) is 4.90. The van der Waals surface area contributed by atoms with Gasteiger partial charge in [-0.25, -0.2) is 8.42 Å². The third kappa shape index (κ3) is 2.94. The molecule has 1 heterocycles. The minimum atomic E-state index is -3.27. The number of aromatic amines is 1. The number of rotatable bonds is 5. The molecule has 0 unspecified atom stereocenters. The largest absolute Gasteiger partial charge is 0.329 e. The molecule has 0 radical (unpaired) electrons. The Hall–Kier alpha value is -1.18. The SMILES string of the molecule is CCN(C)CCn1c(=S)[nH]c2c(S(C)(=O)=O)cccc21. The van der Waals surface area contributed by atoms with E-state index < -0.39 is 9.84 Å². The summed E-state index contributed by atoms with van der Waals surface area (Å²) in [5.41, 5.74) is 1.43. The topological polar surface area (TPSA) is 58.1 Å². The fraction of sp³-hybridized carbons (Fsp3) is 0.462. The number of H-pyrrole nitrogens is 1. The summed E-state index contributed by atoms with van der Waals surface area (Å²) >= 11 is 5.32. The van der Waals surface area contributed by atoms with Gasteiger partial charge in [0.2, 0.25) is 0 Å².